The number of nitrogens with one attached hydrogen (secondary N) is 2. The number of hydrogen-bond donors (Lipinski definition) is 2. The predicted octanol–water partition coefficient (Wildman–Crippen LogP) is 2.68. The highest BCUT2D eigenvalue weighted by Gasteiger charge is 2.15. The molecular weight excluding hydrogens is 440 g/mol. The lowest BCUT2D eigenvalue weighted by Crippen LogP contribution is -2.27. The molecule has 0 spiro atoms. The normalized spacial score (nSPS) is 10.7. The third-order valence-electron chi connectivity index (χ3n) is 4.76. The maximum atomic E-state index is 13.0. The Kier molecular flexibility index (Phi) is 12.7. The van der Waals surface area contributed by atoms with E-state index in [-0.39, 0.29) is 11.8 Å². The van der Waals surface area contributed by atoms with Gasteiger partial charge in [0, 0.05) is 32.0 Å². The Morgan fingerprint density at radius 3 is 2.21 bits per heavy atom. The van der Waals surface area contributed by atoms with Gasteiger partial charge in [-0.3, -0.25) is 9.59 Å². The molecule has 2 N–H and O–H groups in total. The number of carbonyl (C=O) groups excluding carboxylic acids is 2. The molecular formula is C25H34N2O7. The van der Waals surface area contributed by atoms with Gasteiger partial charge < -0.3 is 34.3 Å². The third kappa shape index (κ3) is 9.48. The maximum absolute atomic E-state index is 13.0. The number of methoxy groups -OCH3 is 2. The first-order valence-electron chi connectivity index (χ1n) is 11.1. The molecule has 2 amide bonds. The highest BCUT2D eigenvalue weighted by atomic mass is 16.6. The van der Waals surface area contributed by atoms with Crippen molar-refractivity contribution >= 4 is 17.5 Å². The summed E-state index contributed by atoms with van der Waals surface area (Å²) in [6.07, 6.45) is 0. The molecule has 34 heavy (non-hydrogen) atoms. The number of rotatable bonds is 16. The van der Waals surface area contributed by atoms with Crippen molar-refractivity contribution in [2.24, 2.45) is 0 Å². The van der Waals surface area contributed by atoms with Gasteiger partial charge in [0.25, 0.3) is 11.8 Å². The third-order valence-corrected chi connectivity index (χ3v) is 4.76. The largest absolute Gasteiger partial charge is 0.490 e. The summed E-state index contributed by atoms with van der Waals surface area (Å²) in [6, 6.07) is 12.1. The molecule has 0 saturated heterocycles. The van der Waals surface area contributed by atoms with Crippen molar-refractivity contribution in [1.29, 1.82) is 0 Å². The molecule has 9 heteroatoms. The van der Waals surface area contributed by atoms with Gasteiger partial charge in [-0.25, -0.2) is 0 Å². The van der Waals surface area contributed by atoms with Crippen LogP contribution in [0.3, 0.4) is 0 Å². The molecule has 0 saturated carbocycles. The Labute approximate surface area is 200 Å². The van der Waals surface area contributed by atoms with Crippen molar-refractivity contribution in [3.8, 4) is 5.75 Å². The number of anilines is 1. The van der Waals surface area contributed by atoms with Crippen LogP contribution in [0.4, 0.5) is 5.69 Å². The lowest BCUT2D eigenvalue weighted by molar-refractivity contribution is 0.0179. The number of aryl methyl sites for hydroxylation is 1. The zero-order valence-electron chi connectivity index (χ0n) is 20.1. The van der Waals surface area contributed by atoms with Crippen LogP contribution in [0, 0.1) is 6.92 Å². The van der Waals surface area contributed by atoms with Crippen molar-refractivity contribution in [2.75, 3.05) is 72.3 Å². The highest BCUT2D eigenvalue weighted by molar-refractivity contribution is 6.07. The standard InChI is InChI=1S/C25H34N2O7/c1-19-8-9-20(24(28)26-10-11-30-2)18-22(19)27-25(29)21-6-4-5-7-23(21)34-17-16-33-15-14-32-13-12-31-3/h4-9,18H,10-17H2,1-3H3,(H,26,28)(H,27,29). The van der Waals surface area contributed by atoms with E-state index in [2.05, 4.69) is 10.6 Å². The summed E-state index contributed by atoms with van der Waals surface area (Å²) in [5, 5.41) is 5.65. The van der Waals surface area contributed by atoms with Gasteiger partial charge in [0.2, 0.25) is 0 Å². The highest BCUT2D eigenvalue weighted by Crippen LogP contribution is 2.22. The number of hydrogen-bond acceptors (Lipinski definition) is 7. The van der Waals surface area contributed by atoms with Crippen LogP contribution in [-0.2, 0) is 18.9 Å². The van der Waals surface area contributed by atoms with E-state index in [0.29, 0.717) is 75.4 Å². The second-order valence-corrected chi connectivity index (χ2v) is 7.29. The van der Waals surface area contributed by atoms with E-state index in [0.717, 1.165) is 5.56 Å². The fourth-order valence-electron chi connectivity index (χ4n) is 2.91. The van der Waals surface area contributed by atoms with Crippen molar-refractivity contribution in [3.63, 3.8) is 0 Å². The minimum absolute atomic E-state index is 0.236. The summed E-state index contributed by atoms with van der Waals surface area (Å²) >= 11 is 0. The van der Waals surface area contributed by atoms with Crippen molar-refractivity contribution in [2.45, 2.75) is 6.92 Å². The number of ether oxygens (including phenoxy) is 5. The molecule has 9 nitrogen and oxygen atoms in total. The molecule has 0 aliphatic rings. The summed E-state index contributed by atoms with van der Waals surface area (Å²) in [7, 11) is 3.19. The predicted molar refractivity (Wildman–Crippen MR) is 129 cm³/mol. The molecule has 0 radical (unpaired) electrons. The summed E-state index contributed by atoms with van der Waals surface area (Å²) in [5.41, 5.74) is 2.22. The minimum Gasteiger partial charge on any atom is -0.490 e. The van der Waals surface area contributed by atoms with Gasteiger partial charge >= 0.3 is 0 Å². The van der Waals surface area contributed by atoms with Crippen molar-refractivity contribution < 1.29 is 33.3 Å². The Hall–Kier alpha value is -2.98. The molecule has 0 atom stereocenters. The lowest BCUT2D eigenvalue weighted by Gasteiger charge is -2.14. The van der Waals surface area contributed by atoms with Crippen LogP contribution in [0.5, 0.6) is 5.75 Å². The molecule has 0 bridgehead atoms. The Morgan fingerprint density at radius 1 is 0.794 bits per heavy atom. The average molecular weight is 475 g/mol. The Morgan fingerprint density at radius 2 is 1.47 bits per heavy atom. The summed E-state index contributed by atoms with van der Waals surface area (Å²) in [4.78, 5) is 25.3. The second-order valence-electron chi connectivity index (χ2n) is 7.29. The first-order chi connectivity index (χ1) is 16.6. The molecule has 2 aromatic rings. The maximum Gasteiger partial charge on any atom is 0.259 e. The SMILES string of the molecule is COCCNC(=O)c1ccc(C)c(NC(=O)c2ccccc2OCCOCCOCCOC)c1. The van der Waals surface area contributed by atoms with Gasteiger partial charge in [-0.05, 0) is 36.8 Å². The first-order valence-corrected chi connectivity index (χ1v) is 11.1. The van der Waals surface area contributed by atoms with E-state index in [1.807, 2.05) is 6.92 Å². The molecule has 0 unspecified atom stereocenters. The fraction of sp³-hybridized carbons (Fsp3) is 0.440. The molecule has 0 aliphatic heterocycles. The van der Waals surface area contributed by atoms with Gasteiger partial charge in [-0.15, -0.1) is 0 Å². The van der Waals surface area contributed by atoms with E-state index >= 15 is 0 Å². The Bertz CT molecular complexity index is 905. The van der Waals surface area contributed by atoms with Crippen LogP contribution in [0.15, 0.2) is 42.5 Å². The quantitative estimate of drug-likeness (QED) is 0.361. The molecule has 0 heterocycles. The van der Waals surface area contributed by atoms with E-state index in [4.69, 9.17) is 23.7 Å². The van der Waals surface area contributed by atoms with Gasteiger partial charge in [0.05, 0.1) is 45.2 Å². The number of para-hydroxylation sites is 1. The van der Waals surface area contributed by atoms with Crippen LogP contribution in [0.1, 0.15) is 26.3 Å². The van der Waals surface area contributed by atoms with Gasteiger partial charge in [0.1, 0.15) is 12.4 Å². The smallest absolute Gasteiger partial charge is 0.259 e. The summed E-state index contributed by atoms with van der Waals surface area (Å²) in [5.74, 6) is -0.116. The van der Waals surface area contributed by atoms with E-state index in [1.165, 1.54) is 0 Å². The fourth-order valence-corrected chi connectivity index (χ4v) is 2.91. The molecule has 0 aliphatic carbocycles. The molecule has 0 aromatic heterocycles. The summed E-state index contributed by atoms with van der Waals surface area (Å²) < 4.78 is 26.4. The van der Waals surface area contributed by atoms with E-state index < -0.39 is 0 Å². The zero-order valence-corrected chi connectivity index (χ0v) is 20.1. The van der Waals surface area contributed by atoms with Crippen LogP contribution in [0.25, 0.3) is 0 Å². The second kappa shape index (κ2) is 15.8. The number of carbonyl (C=O) groups is 2. The van der Waals surface area contributed by atoms with Gasteiger partial charge in [0.15, 0.2) is 0 Å². The monoisotopic (exact) mass is 474 g/mol. The van der Waals surface area contributed by atoms with Gasteiger partial charge in [-0.1, -0.05) is 18.2 Å². The summed E-state index contributed by atoms with van der Waals surface area (Å²) in [6.45, 7) is 5.34. The van der Waals surface area contributed by atoms with E-state index in [1.54, 1.807) is 56.7 Å². The van der Waals surface area contributed by atoms with Crippen LogP contribution < -0.4 is 15.4 Å². The zero-order chi connectivity index (χ0) is 24.6. The minimum atomic E-state index is -0.330. The first kappa shape index (κ1) is 27.3. The van der Waals surface area contributed by atoms with Crippen molar-refractivity contribution in [3.05, 3.63) is 59.2 Å². The van der Waals surface area contributed by atoms with Gasteiger partial charge in [-0.2, -0.15) is 0 Å². The van der Waals surface area contributed by atoms with Crippen LogP contribution >= 0.6 is 0 Å². The van der Waals surface area contributed by atoms with Crippen LogP contribution in [0.2, 0.25) is 0 Å². The molecule has 186 valence electrons. The topological polar surface area (TPSA) is 104 Å². The molecule has 2 aromatic carbocycles. The number of amides is 2. The number of benzene rings is 2. The molecule has 2 rings (SSSR count). The van der Waals surface area contributed by atoms with E-state index in [9.17, 15) is 9.59 Å². The Balaban J connectivity index is 1.90. The van der Waals surface area contributed by atoms with Crippen LogP contribution in [-0.4, -0.2) is 78.8 Å². The lowest BCUT2D eigenvalue weighted by atomic mass is 10.1. The molecule has 0 fully saturated rings. The van der Waals surface area contributed by atoms with Crippen molar-refractivity contribution in [1.82, 2.24) is 5.32 Å². The average Bonchev–Trinajstić information content (AvgIpc) is 2.84.